The van der Waals surface area contributed by atoms with Gasteiger partial charge in [-0.25, -0.2) is 22.9 Å². The van der Waals surface area contributed by atoms with Crippen LogP contribution in [0.25, 0.3) is 5.69 Å². The minimum absolute atomic E-state index is 0.151. The molecule has 3 aromatic rings. The standard InChI is InChI=1S/C21H28N6O3S2/c1-5-26(6-2)32(29,30)20-12-11-19(31-20)13-23-21(28)25(4)16(3)17-7-9-18(10-8-17)27-15-22-14-24-27/h7-12,14-16H,5-6,13H2,1-4H3,(H,23,28). The van der Waals surface area contributed by atoms with Gasteiger partial charge in [-0.05, 0) is 36.8 Å². The van der Waals surface area contributed by atoms with Crippen molar-refractivity contribution in [2.75, 3.05) is 20.1 Å². The molecule has 0 aliphatic heterocycles. The Bertz CT molecular complexity index is 1120. The monoisotopic (exact) mass is 476 g/mol. The first kappa shape index (κ1) is 23.9. The fraction of sp³-hybridized carbons (Fsp3) is 0.381. The predicted molar refractivity (Wildman–Crippen MR) is 124 cm³/mol. The van der Waals surface area contributed by atoms with Gasteiger partial charge in [0.2, 0.25) is 0 Å². The molecule has 3 rings (SSSR count). The first-order valence-electron chi connectivity index (χ1n) is 10.3. The molecule has 1 aromatic carbocycles. The van der Waals surface area contributed by atoms with E-state index in [2.05, 4.69) is 15.4 Å². The molecule has 0 radical (unpaired) electrons. The molecule has 32 heavy (non-hydrogen) atoms. The predicted octanol–water partition coefficient (Wildman–Crippen LogP) is 3.26. The molecule has 1 N–H and O–H groups in total. The molecule has 172 valence electrons. The summed E-state index contributed by atoms with van der Waals surface area (Å²) in [4.78, 5) is 19.0. The van der Waals surface area contributed by atoms with Crippen LogP contribution in [0.5, 0.6) is 0 Å². The number of rotatable bonds is 9. The lowest BCUT2D eigenvalue weighted by Gasteiger charge is -2.25. The van der Waals surface area contributed by atoms with Crippen molar-refractivity contribution in [3.05, 3.63) is 59.5 Å². The molecule has 0 aliphatic carbocycles. The SMILES string of the molecule is CCN(CC)S(=O)(=O)c1ccc(CNC(=O)N(C)C(C)c2ccc(-n3cncn3)cc2)s1. The minimum Gasteiger partial charge on any atom is -0.333 e. The normalized spacial score (nSPS) is 12.7. The van der Waals surface area contributed by atoms with E-state index in [1.54, 1.807) is 35.1 Å². The van der Waals surface area contributed by atoms with E-state index in [4.69, 9.17) is 0 Å². The van der Waals surface area contributed by atoms with E-state index >= 15 is 0 Å². The summed E-state index contributed by atoms with van der Waals surface area (Å²) in [5.74, 6) is 0. The number of carbonyl (C=O) groups excluding carboxylic acids is 1. The van der Waals surface area contributed by atoms with Gasteiger partial charge in [-0.3, -0.25) is 0 Å². The summed E-state index contributed by atoms with van der Waals surface area (Å²) in [5, 5.41) is 6.98. The lowest BCUT2D eigenvalue weighted by Crippen LogP contribution is -2.38. The summed E-state index contributed by atoms with van der Waals surface area (Å²) >= 11 is 1.18. The summed E-state index contributed by atoms with van der Waals surface area (Å²) in [5.41, 5.74) is 1.87. The molecular weight excluding hydrogens is 448 g/mol. The van der Waals surface area contributed by atoms with Crippen LogP contribution in [-0.2, 0) is 16.6 Å². The number of sulfonamides is 1. The summed E-state index contributed by atoms with van der Waals surface area (Å²) in [6.07, 6.45) is 3.10. The van der Waals surface area contributed by atoms with Crippen molar-refractivity contribution >= 4 is 27.4 Å². The highest BCUT2D eigenvalue weighted by Gasteiger charge is 2.24. The van der Waals surface area contributed by atoms with Crippen LogP contribution in [0.2, 0.25) is 0 Å². The first-order valence-corrected chi connectivity index (χ1v) is 12.6. The Morgan fingerprint density at radius 2 is 1.84 bits per heavy atom. The molecule has 2 aromatic heterocycles. The van der Waals surface area contributed by atoms with Crippen LogP contribution in [0.15, 0.2) is 53.3 Å². The summed E-state index contributed by atoms with van der Waals surface area (Å²) in [7, 11) is -1.75. The quantitative estimate of drug-likeness (QED) is 0.511. The third-order valence-corrected chi connectivity index (χ3v) is 8.91. The molecule has 0 saturated heterocycles. The number of amides is 2. The fourth-order valence-electron chi connectivity index (χ4n) is 3.22. The van der Waals surface area contributed by atoms with Crippen molar-refractivity contribution in [1.82, 2.24) is 29.3 Å². The zero-order valence-corrected chi connectivity index (χ0v) is 20.2. The van der Waals surface area contributed by atoms with Crippen molar-refractivity contribution in [3.63, 3.8) is 0 Å². The second-order valence-electron chi connectivity index (χ2n) is 7.19. The number of nitrogens with zero attached hydrogens (tertiary/aromatic N) is 5. The van der Waals surface area contributed by atoms with Gasteiger partial charge >= 0.3 is 6.03 Å². The molecular formula is C21H28N6O3S2. The Morgan fingerprint density at radius 1 is 1.16 bits per heavy atom. The third kappa shape index (κ3) is 5.17. The van der Waals surface area contributed by atoms with Gasteiger partial charge in [-0.2, -0.15) is 9.40 Å². The molecule has 9 nitrogen and oxygen atoms in total. The second kappa shape index (κ2) is 10.2. The van der Waals surface area contributed by atoms with Gasteiger partial charge in [0, 0.05) is 25.0 Å². The topological polar surface area (TPSA) is 100 Å². The maximum absolute atomic E-state index is 12.7. The number of thiophene rings is 1. The minimum atomic E-state index is -3.49. The smallest absolute Gasteiger partial charge is 0.317 e. The van der Waals surface area contributed by atoms with Crippen LogP contribution in [0.4, 0.5) is 4.79 Å². The van der Waals surface area contributed by atoms with Gasteiger partial charge in [0.25, 0.3) is 10.0 Å². The van der Waals surface area contributed by atoms with Gasteiger partial charge < -0.3 is 10.2 Å². The van der Waals surface area contributed by atoms with E-state index in [0.717, 1.165) is 16.1 Å². The molecule has 0 spiro atoms. The number of benzene rings is 1. The van der Waals surface area contributed by atoms with Crippen molar-refractivity contribution in [2.45, 2.75) is 37.6 Å². The van der Waals surface area contributed by atoms with Gasteiger partial charge in [-0.15, -0.1) is 11.3 Å². The van der Waals surface area contributed by atoms with E-state index < -0.39 is 10.0 Å². The van der Waals surface area contributed by atoms with Crippen LogP contribution in [0, 0.1) is 0 Å². The summed E-state index contributed by atoms with van der Waals surface area (Å²) in [6.45, 7) is 6.68. The number of hydrogen-bond acceptors (Lipinski definition) is 6. The zero-order chi connectivity index (χ0) is 23.3. The average Bonchev–Trinajstić information content (AvgIpc) is 3.50. The highest BCUT2D eigenvalue weighted by Crippen LogP contribution is 2.25. The molecule has 0 fully saturated rings. The lowest BCUT2D eigenvalue weighted by molar-refractivity contribution is 0.194. The van der Waals surface area contributed by atoms with Crippen LogP contribution >= 0.6 is 11.3 Å². The van der Waals surface area contributed by atoms with E-state index in [0.29, 0.717) is 17.3 Å². The number of hydrogen-bond donors (Lipinski definition) is 1. The van der Waals surface area contributed by atoms with E-state index in [-0.39, 0.29) is 18.6 Å². The van der Waals surface area contributed by atoms with Crippen LogP contribution in [0.3, 0.4) is 0 Å². The molecule has 2 amide bonds. The number of urea groups is 1. The Kier molecular flexibility index (Phi) is 7.64. The molecule has 1 atom stereocenters. The summed E-state index contributed by atoms with van der Waals surface area (Å²) < 4.78 is 28.6. The average molecular weight is 477 g/mol. The maximum Gasteiger partial charge on any atom is 0.317 e. The second-order valence-corrected chi connectivity index (χ2v) is 10.5. The highest BCUT2D eigenvalue weighted by atomic mass is 32.2. The van der Waals surface area contributed by atoms with Crippen molar-refractivity contribution < 1.29 is 13.2 Å². The molecule has 11 heteroatoms. The number of nitrogens with one attached hydrogen (secondary N) is 1. The molecule has 0 saturated carbocycles. The van der Waals surface area contributed by atoms with Crippen LogP contribution < -0.4 is 5.32 Å². The van der Waals surface area contributed by atoms with Gasteiger partial charge in [-0.1, -0.05) is 26.0 Å². The van der Waals surface area contributed by atoms with Crippen molar-refractivity contribution in [3.8, 4) is 5.69 Å². The van der Waals surface area contributed by atoms with Crippen molar-refractivity contribution in [1.29, 1.82) is 0 Å². The Labute approximate surface area is 192 Å². The maximum atomic E-state index is 12.7. The third-order valence-electron chi connectivity index (χ3n) is 5.31. The largest absolute Gasteiger partial charge is 0.333 e. The van der Waals surface area contributed by atoms with E-state index in [1.807, 2.05) is 45.0 Å². The van der Waals surface area contributed by atoms with Gasteiger partial charge in [0.15, 0.2) is 0 Å². The number of carbonyl (C=O) groups is 1. The first-order chi connectivity index (χ1) is 15.3. The van der Waals surface area contributed by atoms with Gasteiger partial charge in [0.05, 0.1) is 18.3 Å². The lowest BCUT2D eigenvalue weighted by atomic mass is 10.1. The molecule has 2 heterocycles. The molecule has 0 bridgehead atoms. The zero-order valence-electron chi connectivity index (χ0n) is 18.6. The number of aromatic nitrogens is 3. The summed E-state index contributed by atoms with van der Waals surface area (Å²) in [6, 6.07) is 10.7. The Hall–Kier alpha value is -2.76. The Balaban J connectivity index is 1.59. The highest BCUT2D eigenvalue weighted by molar-refractivity contribution is 7.91. The van der Waals surface area contributed by atoms with Crippen molar-refractivity contribution in [2.24, 2.45) is 0 Å². The van der Waals surface area contributed by atoms with E-state index in [1.165, 1.54) is 22.0 Å². The van der Waals surface area contributed by atoms with E-state index in [9.17, 15) is 13.2 Å². The molecule has 1 unspecified atom stereocenters. The molecule has 0 aliphatic rings. The Morgan fingerprint density at radius 3 is 2.44 bits per heavy atom. The van der Waals surface area contributed by atoms with Crippen LogP contribution in [0.1, 0.15) is 37.3 Å². The van der Waals surface area contributed by atoms with Gasteiger partial charge in [0.1, 0.15) is 16.9 Å². The fourth-order valence-corrected chi connectivity index (χ4v) is 6.12. The van der Waals surface area contributed by atoms with Crippen LogP contribution in [-0.4, -0.2) is 58.6 Å².